The second-order valence-electron chi connectivity index (χ2n) is 5.45. The van der Waals surface area contributed by atoms with E-state index in [1.165, 1.54) is 0 Å². The molecule has 0 atom stereocenters. The topological polar surface area (TPSA) is 72.2 Å². The van der Waals surface area contributed by atoms with Crippen LogP contribution in [0.4, 0.5) is 5.69 Å². The van der Waals surface area contributed by atoms with Crippen LogP contribution in [0.3, 0.4) is 0 Å². The molecule has 1 aromatic heterocycles. The first kappa shape index (κ1) is 15.6. The van der Waals surface area contributed by atoms with Crippen molar-refractivity contribution in [3.63, 3.8) is 0 Å². The molecule has 114 valence electrons. The first-order chi connectivity index (χ1) is 9.74. The Bertz CT molecular complexity index is 742. The van der Waals surface area contributed by atoms with Gasteiger partial charge in [0.1, 0.15) is 5.69 Å². The molecule has 1 heterocycles. The normalized spacial score (nSPS) is 11.9. The molecule has 2 rings (SSSR count). The van der Waals surface area contributed by atoms with E-state index in [9.17, 15) is 8.42 Å². The van der Waals surface area contributed by atoms with E-state index < -0.39 is 10.0 Å². The van der Waals surface area contributed by atoms with Crippen molar-refractivity contribution in [3.8, 4) is 0 Å². The molecule has 0 unspecified atom stereocenters. The highest BCUT2D eigenvalue weighted by molar-refractivity contribution is 7.92. The maximum atomic E-state index is 12.6. The van der Waals surface area contributed by atoms with Crippen molar-refractivity contribution in [3.05, 3.63) is 40.8 Å². The minimum Gasteiger partial charge on any atom is -0.360 e. The number of rotatable bonds is 4. The summed E-state index contributed by atoms with van der Waals surface area (Å²) < 4.78 is 32.9. The van der Waals surface area contributed by atoms with Crippen LogP contribution in [-0.2, 0) is 10.0 Å². The van der Waals surface area contributed by atoms with Gasteiger partial charge in [0.25, 0.3) is 10.0 Å². The summed E-state index contributed by atoms with van der Waals surface area (Å²) in [5, 5.41) is 3.71. The fourth-order valence-electron chi connectivity index (χ4n) is 2.35. The number of aromatic nitrogens is 1. The van der Waals surface area contributed by atoms with Crippen molar-refractivity contribution in [2.45, 2.75) is 45.4 Å². The molecule has 5 nitrogen and oxygen atoms in total. The van der Waals surface area contributed by atoms with Crippen LogP contribution in [0.25, 0.3) is 0 Å². The van der Waals surface area contributed by atoms with Crippen LogP contribution >= 0.6 is 0 Å². The summed E-state index contributed by atoms with van der Waals surface area (Å²) in [7, 11) is -3.72. The minimum atomic E-state index is -3.72. The van der Waals surface area contributed by atoms with Gasteiger partial charge in [-0.3, -0.25) is 4.72 Å². The number of aryl methyl sites for hydroxylation is 3. The van der Waals surface area contributed by atoms with Crippen LogP contribution in [-0.4, -0.2) is 13.6 Å². The maximum Gasteiger partial charge on any atom is 0.267 e. The van der Waals surface area contributed by atoms with Gasteiger partial charge in [0.05, 0.1) is 5.69 Å². The average Bonchev–Trinajstić information content (AvgIpc) is 2.71. The SMILES string of the molecule is Cc1cccc(C(C)C)c1NS(=O)(=O)c1c(C)noc1C. The lowest BCUT2D eigenvalue weighted by atomic mass is 9.99. The van der Waals surface area contributed by atoms with Crippen molar-refractivity contribution in [2.24, 2.45) is 0 Å². The van der Waals surface area contributed by atoms with Crippen LogP contribution in [0.2, 0.25) is 0 Å². The van der Waals surface area contributed by atoms with Crippen LogP contribution in [0, 0.1) is 20.8 Å². The molecule has 6 heteroatoms. The smallest absolute Gasteiger partial charge is 0.267 e. The Morgan fingerprint density at radius 2 is 1.86 bits per heavy atom. The molecular formula is C15H20N2O3S. The lowest BCUT2D eigenvalue weighted by molar-refractivity contribution is 0.390. The maximum absolute atomic E-state index is 12.6. The Hall–Kier alpha value is -1.82. The van der Waals surface area contributed by atoms with E-state index in [1.807, 2.05) is 39.0 Å². The van der Waals surface area contributed by atoms with Crippen molar-refractivity contribution in [2.75, 3.05) is 4.72 Å². The largest absolute Gasteiger partial charge is 0.360 e. The zero-order valence-electron chi connectivity index (χ0n) is 12.9. The number of anilines is 1. The highest BCUT2D eigenvalue weighted by Gasteiger charge is 2.25. The number of nitrogens with one attached hydrogen (secondary N) is 1. The average molecular weight is 308 g/mol. The number of hydrogen-bond donors (Lipinski definition) is 1. The van der Waals surface area contributed by atoms with Gasteiger partial charge in [0.2, 0.25) is 0 Å². The zero-order chi connectivity index (χ0) is 15.8. The fraction of sp³-hybridized carbons (Fsp3) is 0.400. The predicted molar refractivity (Wildman–Crippen MR) is 82.1 cm³/mol. The predicted octanol–water partition coefficient (Wildman–Crippen LogP) is 3.52. The Kier molecular flexibility index (Phi) is 4.09. The fourth-order valence-corrected chi connectivity index (χ4v) is 3.85. The third-order valence-corrected chi connectivity index (χ3v) is 4.99. The van der Waals surface area contributed by atoms with E-state index in [1.54, 1.807) is 13.8 Å². The third-order valence-electron chi connectivity index (χ3n) is 3.40. The molecule has 1 aromatic carbocycles. The number of para-hydroxylation sites is 1. The number of nitrogens with zero attached hydrogens (tertiary/aromatic N) is 1. The van der Waals surface area contributed by atoms with Crippen LogP contribution in [0.15, 0.2) is 27.6 Å². The lowest BCUT2D eigenvalue weighted by Gasteiger charge is -2.17. The van der Waals surface area contributed by atoms with Crippen molar-refractivity contribution >= 4 is 15.7 Å². The van der Waals surface area contributed by atoms with Gasteiger partial charge in [0, 0.05) is 0 Å². The van der Waals surface area contributed by atoms with Gasteiger partial charge in [0.15, 0.2) is 10.7 Å². The Morgan fingerprint density at radius 3 is 2.38 bits per heavy atom. The molecule has 0 radical (unpaired) electrons. The molecule has 0 amide bonds. The monoisotopic (exact) mass is 308 g/mol. The van der Waals surface area contributed by atoms with Crippen LogP contribution in [0.1, 0.15) is 42.3 Å². The molecule has 0 aliphatic carbocycles. The van der Waals surface area contributed by atoms with E-state index in [2.05, 4.69) is 9.88 Å². The molecule has 0 aliphatic heterocycles. The Labute approximate surface area is 125 Å². The van der Waals surface area contributed by atoms with E-state index in [-0.39, 0.29) is 10.8 Å². The molecule has 0 aliphatic rings. The molecule has 2 aromatic rings. The second-order valence-corrected chi connectivity index (χ2v) is 7.07. The molecular weight excluding hydrogens is 288 g/mol. The van der Waals surface area contributed by atoms with Crippen LogP contribution < -0.4 is 4.72 Å². The number of hydrogen-bond acceptors (Lipinski definition) is 4. The van der Waals surface area contributed by atoms with Gasteiger partial charge in [-0.05, 0) is 37.8 Å². The summed E-state index contributed by atoms with van der Waals surface area (Å²) in [5.41, 5.74) is 2.84. The summed E-state index contributed by atoms with van der Waals surface area (Å²) in [6.07, 6.45) is 0. The van der Waals surface area contributed by atoms with E-state index in [0.717, 1.165) is 11.1 Å². The molecule has 0 fully saturated rings. The summed E-state index contributed by atoms with van der Waals surface area (Å²) in [4.78, 5) is 0.112. The lowest BCUT2D eigenvalue weighted by Crippen LogP contribution is -2.16. The van der Waals surface area contributed by atoms with E-state index in [0.29, 0.717) is 17.1 Å². The molecule has 0 bridgehead atoms. The van der Waals surface area contributed by atoms with Gasteiger partial charge >= 0.3 is 0 Å². The molecule has 21 heavy (non-hydrogen) atoms. The minimum absolute atomic E-state index is 0.112. The van der Waals surface area contributed by atoms with Crippen molar-refractivity contribution < 1.29 is 12.9 Å². The zero-order valence-corrected chi connectivity index (χ0v) is 13.7. The number of sulfonamides is 1. The highest BCUT2D eigenvalue weighted by Crippen LogP contribution is 2.30. The number of benzene rings is 1. The summed E-state index contributed by atoms with van der Waals surface area (Å²) in [6, 6.07) is 5.75. The van der Waals surface area contributed by atoms with Crippen LogP contribution in [0.5, 0.6) is 0 Å². The quantitative estimate of drug-likeness (QED) is 0.938. The van der Waals surface area contributed by atoms with Gasteiger partial charge in [-0.15, -0.1) is 0 Å². The molecule has 0 saturated heterocycles. The summed E-state index contributed by atoms with van der Waals surface area (Å²) >= 11 is 0. The van der Waals surface area contributed by atoms with Gasteiger partial charge in [-0.2, -0.15) is 0 Å². The standard InChI is InChI=1S/C15H20N2O3S/c1-9(2)13-8-6-7-10(3)14(13)17-21(18,19)15-11(4)16-20-12(15)5/h6-9,17H,1-5H3. The Balaban J connectivity index is 2.52. The first-order valence-corrected chi connectivity index (χ1v) is 8.27. The first-order valence-electron chi connectivity index (χ1n) is 6.79. The van der Waals surface area contributed by atoms with E-state index in [4.69, 9.17) is 4.52 Å². The summed E-state index contributed by atoms with van der Waals surface area (Å²) in [5.74, 6) is 0.506. The van der Waals surface area contributed by atoms with Gasteiger partial charge < -0.3 is 4.52 Å². The molecule has 1 N–H and O–H groups in total. The molecule has 0 saturated carbocycles. The third kappa shape index (κ3) is 2.95. The van der Waals surface area contributed by atoms with E-state index >= 15 is 0 Å². The van der Waals surface area contributed by atoms with Crippen molar-refractivity contribution in [1.82, 2.24) is 5.16 Å². The van der Waals surface area contributed by atoms with Gasteiger partial charge in [-0.1, -0.05) is 37.2 Å². The summed E-state index contributed by atoms with van der Waals surface area (Å²) in [6.45, 7) is 9.16. The molecule has 0 spiro atoms. The highest BCUT2D eigenvalue weighted by atomic mass is 32.2. The second kappa shape index (κ2) is 5.52. The van der Waals surface area contributed by atoms with Crippen molar-refractivity contribution in [1.29, 1.82) is 0 Å². The van der Waals surface area contributed by atoms with Gasteiger partial charge in [-0.25, -0.2) is 8.42 Å². The Morgan fingerprint density at radius 1 is 1.19 bits per heavy atom.